The first-order chi connectivity index (χ1) is 10.4. The molecule has 0 saturated carbocycles. The number of nitrogens with one attached hydrogen (secondary N) is 1. The zero-order valence-corrected chi connectivity index (χ0v) is 12.3. The van der Waals surface area contributed by atoms with Gasteiger partial charge in [-0.1, -0.05) is 12.1 Å². The number of nitrogens with zero attached hydrogens (tertiary/aromatic N) is 3. The molecule has 2 saturated heterocycles. The van der Waals surface area contributed by atoms with Gasteiger partial charge >= 0.3 is 0 Å². The molecule has 3 heterocycles. The standard InChI is InChI=1S/C17H22N4/c1-2-7-14-13(6-1)17(20-12-19-14)21-11-4-3-9-16(21)15-8-5-10-18-15/h1-2,6-7,12,15-16,18H,3-5,8-11H2. The molecule has 1 aromatic carbocycles. The number of piperidine rings is 1. The van der Waals surface area contributed by atoms with E-state index in [1.54, 1.807) is 6.33 Å². The summed E-state index contributed by atoms with van der Waals surface area (Å²) in [6.07, 6.45) is 8.19. The quantitative estimate of drug-likeness (QED) is 0.919. The van der Waals surface area contributed by atoms with Gasteiger partial charge < -0.3 is 10.2 Å². The van der Waals surface area contributed by atoms with Gasteiger partial charge in [-0.3, -0.25) is 0 Å². The Morgan fingerprint density at radius 3 is 2.90 bits per heavy atom. The van der Waals surface area contributed by atoms with Gasteiger partial charge in [0.25, 0.3) is 0 Å². The van der Waals surface area contributed by atoms with Crippen molar-refractivity contribution in [1.82, 2.24) is 15.3 Å². The number of para-hydroxylation sites is 1. The largest absolute Gasteiger partial charge is 0.351 e. The summed E-state index contributed by atoms with van der Waals surface area (Å²) in [7, 11) is 0. The van der Waals surface area contributed by atoms with Crippen LogP contribution >= 0.6 is 0 Å². The van der Waals surface area contributed by atoms with Crippen LogP contribution in [0.15, 0.2) is 30.6 Å². The zero-order valence-electron chi connectivity index (χ0n) is 12.3. The zero-order chi connectivity index (χ0) is 14.1. The van der Waals surface area contributed by atoms with E-state index >= 15 is 0 Å². The van der Waals surface area contributed by atoms with E-state index < -0.39 is 0 Å². The molecule has 0 bridgehead atoms. The number of rotatable bonds is 2. The fourth-order valence-electron chi connectivity index (χ4n) is 3.90. The molecule has 21 heavy (non-hydrogen) atoms. The van der Waals surface area contributed by atoms with Gasteiger partial charge in [-0.25, -0.2) is 9.97 Å². The Kier molecular flexibility index (Phi) is 3.47. The average Bonchev–Trinajstić information content (AvgIpc) is 3.09. The lowest BCUT2D eigenvalue weighted by Gasteiger charge is -2.40. The molecule has 0 aliphatic carbocycles. The number of aromatic nitrogens is 2. The smallest absolute Gasteiger partial charge is 0.140 e. The Morgan fingerprint density at radius 1 is 1.05 bits per heavy atom. The predicted molar refractivity (Wildman–Crippen MR) is 85.5 cm³/mol. The van der Waals surface area contributed by atoms with Gasteiger partial charge in [-0.2, -0.15) is 0 Å². The van der Waals surface area contributed by atoms with Crippen LogP contribution < -0.4 is 10.2 Å². The maximum absolute atomic E-state index is 4.64. The van der Waals surface area contributed by atoms with E-state index in [0.29, 0.717) is 12.1 Å². The molecule has 2 atom stereocenters. The number of hydrogen-bond donors (Lipinski definition) is 1. The van der Waals surface area contributed by atoms with Crippen molar-refractivity contribution in [2.75, 3.05) is 18.0 Å². The molecule has 0 amide bonds. The second-order valence-electron chi connectivity index (χ2n) is 6.17. The van der Waals surface area contributed by atoms with Crippen molar-refractivity contribution < 1.29 is 0 Å². The van der Waals surface area contributed by atoms with E-state index in [9.17, 15) is 0 Å². The van der Waals surface area contributed by atoms with Crippen LogP contribution in [-0.2, 0) is 0 Å². The monoisotopic (exact) mass is 282 g/mol. The molecule has 2 unspecified atom stereocenters. The number of anilines is 1. The molecule has 1 aromatic heterocycles. The highest BCUT2D eigenvalue weighted by molar-refractivity contribution is 5.89. The summed E-state index contributed by atoms with van der Waals surface area (Å²) in [5.74, 6) is 1.12. The van der Waals surface area contributed by atoms with Crippen molar-refractivity contribution in [2.24, 2.45) is 0 Å². The summed E-state index contributed by atoms with van der Waals surface area (Å²) in [4.78, 5) is 11.6. The van der Waals surface area contributed by atoms with Crippen LogP contribution in [0.2, 0.25) is 0 Å². The third-order valence-electron chi connectivity index (χ3n) is 4.91. The van der Waals surface area contributed by atoms with Crippen molar-refractivity contribution in [3.63, 3.8) is 0 Å². The van der Waals surface area contributed by atoms with E-state index in [4.69, 9.17) is 0 Å². The first kappa shape index (κ1) is 13.0. The van der Waals surface area contributed by atoms with Crippen molar-refractivity contribution in [3.8, 4) is 0 Å². The third kappa shape index (κ3) is 2.38. The van der Waals surface area contributed by atoms with E-state index in [1.807, 2.05) is 6.07 Å². The van der Waals surface area contributed by atoms with Crippen LogP contribution in [-0.4, -0.2) is 35.1 Å². The molecule has 110 valence electrons. The molecular formula is C17H22N4. The van der Waals surface area contributed by atoms with Crippen LogP contribution in [0.25, 0.3) is 10.9 Å². The first-order valence-corrected chi connectivity index (χ1v) is 8.13. The minimum absolute atomic E-state index is 0.583. The molecule has 4 heteroatoms. The van der Waals surface area contributed by atoms with E-state index in [2.05, 4.69) is 38.4 Å². The normalized spacial score (nSPS) is 26.4. The van der Waals surface area contributed by atoms with Crippen LogP contribution in [0.3, 0.4) is 0 Å². The topological polar surface area (TPSA) is 41.0 Å². The highest BCUT2D eigenvalue weighted by Crippen LogP contribution is 2.31. The maximum Gasteiger partial charge on any atom is 0.140 e. The minimum Gasteiger partial charge on any atom is -0.351 e. The summed E-state index contributed by atoms with van der Waals surface area (Å²) in [5, 5.41) is 4.87. The van der Waals surface area contributed by atoms with Crippen LogP contribution in [0.1, 0.15) is 32.1 Å². The fraction of sp³-hybridized carbons (Fsp3) is 0.529. The first-order valence-electron chi connectivity index (χ1n) is 8.13. The van der Waals surface area contributed by atoms with Crippen molar-refractivity contribution >= 4 is 16.7 Å². The summed E-state index contributed by atoms with van der Waals surface area (Å²) in [6.45, 7) is 2.28. The number of benzene rings is 1. The highest BCUT2D eigenvalue weighted by Gasteiger charge is 2.32. The molecule has 2 fully saturated rings. The average molecular weight is 282 g/mol. The molecule has 4 nitrogen and oxygen atoms in total. The Balaban J connectivity index is 1.74. The molecule has 2 aliphatic heterocycles. The van der Waals surface area contributed by atoms with Crippen LogP contribution in [0.4, 0.5) is 5.82 Å². The van der Waals surface area contributed by atoms with E-state index in [0.717, 1.165) is 17.9 Å². The van der Waals surface area contributed by atoms with Gasteiger partial charge in [-0.05, 0) is 50.8 Å². The molecule has 1 N–H and O–H groups in total. The van der Waals surface area contributed by atoms with Gasteiger partial charge in [0, 0.05) is 24.0 Å². The summed E-state index contributed by atoms with van der Waals surface area (Å²) in [5.41, 5.74) is 1.05. The highest BCUT2D eigenvalue weighted by atomic mass is 15.2. The Labute approximate surface area is 125 Å². The van der Waals surface area contributed by atoms with Gasteiger partial charge in [0.2, 0.25) is 0 Å². The fourth-order valence-corrected chi connectivity index (χ4v) is 3.90. The van der Waals surface area contributed by atoms with Crippen molar-refractivity contribution in [3.05, 3.63) is 30.6 Å². The predicted octanol–water partition coefficient (Wildman–Crippen LogP) is 2.74. The van der Waals surface area contributed by atoms with Gasteiger partial charge in [-0.15, -0.1) is 0 Å². The lowest BCUT2D eigenvalue weighted by molar-refractivity contribution is 0.377. The summed E-state index contributed by atoms with van der Waals surface area (Å²) < 4.78 is 0. The van der Waals surface area contributed by atoms with Gasteiger partial charge in [0.15, 0.2) is 0 Å². The lowest BCUT2D eigenvalue weighted by Crippen LogP contribution is -2.50. The molecule has 0 radical (unpaired) electrons. The second-order valence-corrected chi connectivity index (χ2v) is 6.17. The van der Waals surface area contributed by atoms with Gasteiger partial charge in [0.05, 0.1) is 5.52 Å². The minimum atomic E-state index is 0.583. The molecule has 2 aliphatic rings. The van der Waals surface area contributed by atoms with Crippen molar-refractivity contribution in [2.45, 2.75) is 44.2 Å². The molecule has 0 spiro atoms. The van der Waals surface area contributed by atoms with E-state index in [-0.39, 0.29) is 0 Å². The van der Waals surface area contributed by atoms with Crippen LogP contribution in [0, 0.1) is 0 Å². The lowest BCUT2D eigenvalue weighted by atomic mass is 9.94. The number of hydrogen-bond acceptors (Lipinski definition) is 4. The molecule has 4 rings (SSSR count). The number of fused-ring (bicyclic) bond motifs is 1. The second kappa shape index (κ2) is 5.60. The molecule has 2 aromatic rings. The van der Waals surface area contributed by atoms with Crippen molar-refractivity contribution in [1.29, 1.82) is 0 Å². The van der Waals surface area contributed by atoms with Gasteiger partial charge in [0.1, 0.15) is 12.1 Å². The van der Waals surface area contributed by atoms with Crippen LogP contribution in [0.5, 0.6) is 0 Å². The Morgan fingerprint density at radius 2 is 2.00 bits per heavy atom. The maximum atomic E-state index is 4.64. The summed E-state index contributed by atoms with van der Waals surface area (Å²) >= 11 is 0. The van der Waals surface area contributed by atoms with E-state index in [1.165, 1.54) is 44.0 Å². The Hall–Kier alpha value is -1.68. The summed E-state index contributed by atoms with van der Waals surface area (Å²) in [6, 6.07) is 9.57. The SMILES string of the molecule is c1ccc2c(N3CCCCC3C3CCCN3)ncnc2c1. The molecular weight excluding hydrogens is 260 g/mol. The Bertz CT molecular complexity index is 616. The third-order valence-corrected chi connectivity index (χ3v) is 4.91.